The third kappa shape index (κ3) is 3.39. The van der Waals surface area contributed by atoms with Gasteiger partial charge in [-0.15, -0.1) is 0 Å². The van der Waals surface area contributed by atoms with Crippen molar-refractivity contribution in [3.8, 4) is 11.5 Å². The maximum Gasteiger partial charge on any atom is 0.160 e. The Morgan fingerprint density at radius 1 is 1.47 bits per heavy atom. The summed E-state index contributed by atoms with van der Waals surface area (Å²) in [6.45, 7) is 0.999. The number of rotatable bonds is 5. The molecule has 1 aliphatic heterocycles. The van der Waals surface area contributed by atoms with Crippen LogP contribution in [0.25, 0.3) is 0 Å². The standard InChI is InChI=1S/C13H19NO4S/c1-18-13-5-4-10(7-12(13)15)8-14-9-11-3-2-6-19(11,16)17/h4-5,7,11,14-15H,2-3,6,8-9H2,1H3. The molecule has 1 fully saturated rings. The quantitative estimate of drug-likeness (QED) is 0.846. The van der Waals surface area contributed by atoms with Crippen LogP contribution in [0.4, 0.5) is 0 Å². The fraction of sp³-hybridized carbons (Fsp3) is 0.538. The maximum absolute atomic E-state index is 11.6. The highest BCUT2D eigenvalue weighted by molar-refractivity contribution is 7.92. The molecule has 106 valence electrons. The number of sulfone groups is 1. The summed E-state index contributed by atoms with van der Waals surface area (Å²) < 4.78 is 28.3. The van der Waals surface area contributed by atoms with Crippen molar-refractivity contribution in [2.45, 2.75) is 24.6 Å². The van der Waals surface area contributed by atoms with E-state index in [-0.39, 0.29) is 11.0 Å². The van der Waals surface area contributed by atoms with Crippen molar-refractivity contribution in [2.24, 2.45) is 0 Å². The first kappa shape index (κ1) is 14.1. The van der Waals surface area contributed by atoms with Crippen molar-refractivity contribution < 1.29 is 18.3 Å². The Morgan fingerprint density at radius 2 is 2.26 bits per heavy atom. The maximum atomic E-state index is 11.6. The molecule has 1 saturated heterocycles. The Bertz CT molecular complexity index is 542. The van der Waals surface area contributed by atoms with Gasteiger partial charge in [-0.25, -0.2) is 8.42 Å². The van der Waals surface area contributed by atoms with Crippen LogP contribution < -0.4 is 10.1 Å². The summed E-state index contributed by atoms with van der Waals surface area (Å²) in [5.41, 5.74) is 0.897. The molecule has 1 aromatic rings. The summed E-state index contributed by atoms with van der Waals surface area (Å²) >= 11 is 0. The van der Waals surface area contributed by atoms with Crippen LogP contribution in [-0.4, -0.2) is 38.2 Å². The zero-order valence-corrected chi connectivity index (χ0v) is 11.7. The van der Waals surface area contributed by atoms with E-state index in [1.54, 1.807) is 12.1 Å². The Hall–Kier alpha value is -1.27. The van der Waals surface area contributed by atoms with Crippen LogP contribution in [0.2, 0.25) is 0 Å². The van der Waals surface area contributed by atoms with Gasteiger partial charge in [0.05, 0.1) is 18.1 Å². The molecule has 0 aromatic heterocycles. The van der Waals surface area contributed by atoms with E-state index in [2.05, 4.69) is 5.32 Å². The number of aromatic hydroxyl groups is 1. The molecular formula is C13H19NO4S. The molecule has 0 bridgehead atoms. The summed E-state index contributed by atoms with van der Waals surface area (Å²) in [5.74, 6) is 0.834. The lowest BCUT2D eigenvalue weighted by atomic mass is 10.2. The second-order valence-corrected chi connectivity index (χ2v) is 7.17. The Kier molecular flexibility index (Phi) is 4.31. The van der Waals surface area contributed by atoms with Gasteiger partial charge in [-0.1, -0.05) is 6.07 Å². The van der Waals surface area contributed by atoms with Gasteiger partial charge in [-0.3, -0.25) is 0 Å². The van der Waals surface area contributed by atoms with Crippen molar-refractivity contribution in [3.63, 3.8) is 0 Å². The number of nitrogens with one attached hydrogen (secondary N) is 1. The van der Waals surface area contributed by atoms with Gasteiger partial charge in [0.15, 0.2) is 21.3 Å². The average Bonchev–Trinajstić information content (AvgIpc) is 2.69. The fourth-order valence-corrected chi connectivity index (χ4v) is 4.11. The molecule has 1 unspecified atom stereocenters. The van der Waals surface area contributed by atoms with Crippen molar-refractivity contribution >= 4 is 9.84 Å². The van der Waals surface area contributed by atoms with E-state index in [1.165, 1.54) is 7.11 Å². The summed E-state index contributed by atoms with van der Waals surface area (Å²) in [5, 5.41) is 12.5. The van der Waals surface area contributed by atoms with Gasteiger partial charge in [0, 0.05) is 13.1 Å². The molecule has 0 amide bonds. The van der Waals surface area contributed by atoms with Gasteiger partial charge in [0.2, 0.25) is 0 Å². The Labute approximate surface area is 113 Å². The highest BCUT2D eigenvalue weighted by Gasteiger charge is 2.30. The van der Waals surface area contributed by atoms with Crippen LogP contribution in [0.3, 0.4) is 0 Å². The lowest BCUT2D eigenvalue weighted by Gasteiger charge is -2.11. The van der Waals surface area contributed by atoms with Crippen LogP contribution >= 0.6 is 0 Å². The summed E-state index contributed by atoms with van der Waals surface area (Å²) in [6, 6.07) is 5.16. The normalized spacial score (nSPS) is 21.4. The van der Waals surface area contributed by atoms with Gasteiger partial charge >= 0.3 is 0 Å². The van der Waals surface area contributed by atoms with Gasteiger partial charge in [-0.2, -0.15) is 0 Å². The Morgan fingerprint density at radius 3 is 2.84 bits per heavy atom. The van der Waals surface area contributed by atoms with E-state index in [0.29, 0.717) is 24.6 Å². The molecule has 0 saturated carbocycles. The summed E-state index contributed by atoms with van der Waals surface area (Å²) in [7, 11) is -1.39. The van der Waals surface area contributed by atoms with E-state index in [9.17, 15) is 13.5 Å². The number of methoxy groups -OCH3 is 1. The predicted octanol–water partition coefficient (Wildman–Crippen LogP) is 1.07. The molecule has 5 nitrogen and oxygen atoms in total. The molecule has 0 radical (unpaired) electrons. The number of hydrogen-bond acceptors (Lipinski definition) is 5. The smallest absolute Gasteiger partial charge is 0.160 e. The van der Waals surface area contributed by atoms with E-state index in [0.717, 1.165) is 18.4 Å². The molecule has 1 heterocycles. The minimum absolute atomic E-state index is 0.0929. The molecule has 1 aliphatic rings. The second-order valence-electron chi connectivity index (χ2n) is 4.77. The molecule has 0 aliphatic carbocycles. The van der Waals surface area contributed by atoms with Crippen LogP contribution in [0.1, 0.15) is 18.4 Å². The zero-order chi connectivity index (χ0) is 13.9. The van der Waals surface area contributed by atoms with Crippen LogP contribution in [0.5, 0.6) is 11.5 Å². The largest absolute Gasteiger partial charge is 0.504 e. The second kappa shape index (κ2) is 5.79. The average molecular weight is 285 g/mol. The number of phenols is 1. The van der Waals surface area contributed by atoms with E-state index in [4.69, 9.17) is 4.74 Å². The topological polar surface area (TPSA) is 75.6 Å². The van der Waals surface area contributed by atoms with Crippen LogP contribution in [-0.2, 0) is 16.4 Å². The number of ether oxygens (including phenoxy) is 1. The summed E-state index contributed by atoms with van der Waals surface area (Å²) in [4.78, 5) is 0. The molecule has 6 heteroatoms. The monoisotopic (exact) mass is 285 g/mol. The minimum atomic E-state index is -2.89. The minimum Gasteiger partial charge on any atom is -0.504 e. The van der Waals surface area contributed by atoms with Gasteiger partial charge in [0.1, 0.15) is 0 Å². The summed E-state index contributed by atoms with van der Waals surface area (Å²) in [6.07, 6.45) is 1.50. The van der Waals surface area contributed by atoms with Crippen molar-refractivity contribution in [2.75, 3.05) is 19.4 Å². The third-order valence-corrected chi connectivity index (χ3v) is 5.68. The molecule has 2 N–H and O–H groups in total. The van der Waals surface area contributed by atoms with Gasteiger partial charge in [0.25, 0.3) is 0 Å². The first-order chi connectivity index (χ1) is 9.03. The molecule has 19 heavy (non-hydrogen) atoms. The van der Waals surface area contributed by atoms with Crippen molar-refractivity contribution in [1.29, 1.82) is 0 Å². The van der Waals surface area contributed by atoms with Crippen LogP contribution in [0, 0.1) is 0 Å². The zero-order valence-electron chi connectivity index (χ0n) is 10.9. The predicted molar refractivity (Wildman–Crippen MR) is 73.2 cm³/mol. The van der Waals surface area contributed by atoms with Crippen molar-refractivity contribution in [3.05, 3.63) is 23.8 Å². The lowest BCUT2D eigenvalue weighted by Crippen LogP contribution is -2.30. The number of benzene rings is 1. The SMILES string of the molecule is COc1ccc(CNCC2CCCS2(=O)=O)cc1O. The molecule has 0 spiro atoms. The molecular weight excluding hydrogens is 266 g/mol. The lowest BCUT2D eigenvalue weighted by molar-refractivity contribution is 0.373. The first-order valence-corrected chi connectivity index (χ1v) is 8.02. The highest BCUT2D eigenvalue weighted by Crippen LogP contribution is 2.26. The Balaban J connectivity index is 1.88. The third-order valence-electron chi connectivity index (χ3n) is 3.41. The van der Waals surface area contributed by atoms with Crippen LogP contribution in [0.15, 0.2) is 18.2 Å². The van der Waals surface area contributed by atoms with Crippen molar-refractivity contribution in [1.82, 2.24) is 5.32 Å². The molecule has 1 aromatic carbocycles. The van der Waals surface area contributed by atoms with E-state index < -0.39 is 9.84 Å². The number of phenolic OH excluding ortho intramolecular Hbond substituents is 1. The number of hydrogen-bond donors (Lipinski definition) is 2. The van der Waals surface area contributed by atoms with Gasteiger partial charge in [-0.05, 0) is 30.5 Å². The highest BCUT2D eigenvalue weighted by atomic mass is 32.2. The molecule has 2 rings (SSSR count). The van der Waals surface area contributed by atoms with E-state index in [1.807, 2.05) is 6.07 Å². The van der Waals surface area contributed by atoms with E-state index >= 15 is 0 Å². The molecule has 1 atom stereocenters. The first-order valence-electron chi connectivity index (χ1n) is 6.31. The fourth-order valence-electron chi connectivity index (χ4n) is 2.31. The van der Waals surface area contributed by atoms with Gasteiger partial charge < -0.3 is 15.2 Å².